The highest BCUT2D eigenvalue weighted by Crippen LogP contribution is 2.50. The lowest BCUT2D eigenvalue weighted by Crippen LogP contribution is -2.71. The van der Waals surface area contributed by atoms with Gasteiger partial charge in [-0.3, -0.25) is 9.59 Å². The van der Waals surface area contributed by atoms with Crippen molar-refractivity contribution >= 4 is 51.7 Å². The van der Waals surface area contributed by atoms with Gasteiger partial charge < -0.3 is 25.9 Å². The smallest absolute Gasteiger partial charge is 0.327 e. The van der Waals surface area contributed by atoms with Crippen LogP contribution in [0.25, 0.3) is 0 Å². The van der Waals surface area contributed by atoms with Crippen LogP contribution < -0.4 is 11.1 Å². The van der Waals surface area contributed by atoms with Gasteiger partial charge >= 0.3 is 5.97 Å². The van der Waals surface area contributed by atoms with Crippen molar-refractivity contribution in [2.24, 2.45) is 22.9 Å². The second-order valence-corrected chi connectivity index (χ2v) is 13.2. The van der Waals surface area contributed by atoms with Gasteiger partial charge in [0.05, 0.1) is 0 Å². The number of hydrogen-bond donors (Lipinski definition) is 3. The fourth-order valence-electron chi connectivity index (χ4n) is 5.31. The summed E-state index contributed by atoms with van der Waals surface area (Å²) in [5, 5.41) is 18.1. The van der Waals surface area contributed by atoms with Crippen molar-refractivity contribution in [3.63, 3.8) is 0 Å². The molecule has 1 aromatic rings. The number of aliphatic carboxylic acids is 1. The number of nitrogens with zero attached hydrogens (tertiary/aromatic N) is 3. The highest BCUT2D eigenvalue weighted by molar-refractivity contribution is 8.01. The third kappa shape index (κ3) is 4.87. The zero-order chi connectivity index (χ0) is 25.7. The molecule has 1 aliphatic carbocycles. The minimum Gasteiger partial charge on any atom is -0.480 e. The maximum atomic E-state index is 13.3. The largest absolute Gasteiger partial charge is 0.480 e. The number of anilines is 1. The number of β-lactam (4-membered cyclic amide) rings is 1. The molecule has 6 atom stereocenters. The van der Waals surface area contributed by atoms with Crippen LogP contribution in [-0.4, -0.2) is 66.8 Å². The molecule has 0 bridgehead atoms. The van der Waals surface area contributed by atoms with Gasteiger partial charge in [-0.25, -0.2) is 9.78 Å². The van der Waals surface area contributed by atoms with Crippen LogP contribution in [0, 0.1) is 17.8 Å². The van der Waals surface area contributed by atoms with E-state index in [4.69, 9.17) is 10.6 Å². The van der Waals surface area contributed by atoms with Crippen molar-refractivity contribution in [1.82, 2.24) is 15.2 Å². The Morgan fingerprint density at radius 1 is 1.37 bits per heavy atom. The summed E-state index contributed by atoms with van der Waals surface area (Å²) in [5.41, 5.74) is 6.04. The first kappa shape index (κ1) is 25.7. The van der Waals surface area contributed by atoms with E-state index < -0.39 is 40.0 Å². The quantitative estimate of drug-likeness (QED) is 0.281. The molecule has 0 spiro atoms. The number of nitrogen functional groups attached to an aromatic ring is 1. The van der Waals surface area contributed by atoms with Crippen LogP contribution in [0.15, 0.2) is 10.5 Å². The molecule has 4 N–H and O–H groups in total. The van der Waals surface area contributed by atoms with Gasteiger partial charge in [-0.1, -0.05) is 32.3 Å². The fraction of sp³-hybridized carbons (Fsp3) is 0.696. The molecule has 2 amide bonds. The summed E-state index contributed by atoms with van der Waals surface area (Å²) in [7, 11) is 0. The van der Waals surface area contributed by atoms with Crippen LogP contribution in [0.4, 0.5) is 5.13 Å². The highest BCUT2D eigenvalue weighted by Gasteiger charge is 2.64. The molecule has 2 saturated heterocycles. The maximum Gasteiger partial charge on any atom is 0.327 e. The molecule has 2 aliphatic heterocycles. The number of amides is 2. The average Bonchev–Trinajstić information content (AvgIpc) is 3.30. The third-order valence-corrected chi connectivity index (χ3v) is 9.43. The number of nitrogens with two attached hydrogens (primary N) is 1. The number of thioether (sulfide) groups is 1. The van der Waals surface area contributed by atoms with E-state index in [0.717, 1.165) is 19.3 Å². The second kappa shape index (κ2) is 9.61. The van der Waals surface area contributed by atoms with E-state index in [0.29, 0.717) is 17.8 Å². The van der Waals surface area contributed by atoms with E-state index in [1.54, 1.807) is 19.2 Å². The Morgan fingerprint density at radius 2 is 2.09 bits per heavy atom. The zero-order valence-electron chi connectivity index (χ0n) is 20.6. The number of carbonyl (C=O) groups excluding carboxylic acids is 2. The van der Waals surface area contributed by atoms with Gasteiger partial charge in [0.15, 0.2) is 10.8 Å². The lowest BCUT2D eigenvalue weighted by Gasteiger charge is -2.43. The van der Waals surface area contributed by atoms with Crippen LogP contribution in [-0.2, 0) is 19.2 Å². The van der Waals surface area contributed by atoms with E-state index in [-0.39, 0.29) is 22.6 Å². The summed E-state index contributed by atoms with van der Waals surface area (Å²) in [6.07, 6.45) is 2.90. The molecule has 3 heterocycles. The van der Waals surface area contributed by atoms with E-state index in [9.17, 15) is 19.5 Å². The van der Waals surface area contributed by atoms with Crippen LogP contribution in [0.2, 0.25) is 0 Å². The van der Waals surface area contributed by atoms with E-state index in [2.05, 4.69) is 36.2 Å². The van der Waals surface area contributed by atoms with Gasteiger partial charge in [0, 0.05) is 16.0 Å². The Balaban J connectivity index is 1.54. The van der Waals surface area contributed by atoms with Crippen LogP contribution in [0.3, 0.4) is 0 Å². The second-order valence-electron chi connectivity index (χ2n) is 10.5. The summed E-state index contributed by atoms with van der Waals surface area (Å²) < 4.78 is -0.682. The normalized spacial score (nSPS) is 32.2. The van der Waals surface area contributed by atoms with Crippen molar-refractivity contribution in [2.75, 3.05) is 5.73 Å². The number of carbonyl (C=O) groups is 3. The van der Waals surface area contributed by atoms with Crippen molar-refractivity contribution in [3.8, 4) is 0 Å². The summed E-state index contributed by atoms with van der Waals surface area (Å²) in [5.74, 6) is -0.840. The Bertz CT molecular complexity index is 1040. The van der Waals surface area contributed by atoms with E-state index in [1.807, 2.05) is 0 Å². The Kier molecular flexibility index (Phi) is 7.07. The summed E-state index contributed by atoms with van der Waals surface area (Å²) >= 11 is 2.55. The third-order valence-electron chi connectivity index (χ3n) is 7.18. The van der Waals surface area contributed by atoms with Gasteiger partial charge in [0.2, 0.25) is 5.91 Å². The Morgan fingerprint density at radius 3 is 2.69 bits per heavy atom. The highest BCUT2D eigenvalue weighted by atomic mass is 32.2. The molecule has 0 radical (unpaired) electrons. The minimum atomic E-state index is -1.06. The van der Waals surface area contributed by atoms with E-state index >= 15 is 0 Å². The number of fused-ring (bicyclic) bond motifs is 1. The Labute approximate surface area is 213 Å². The molecule has 192 valence electrons. The number of carboxylic acids is 1. The molecule has 10 nitrogen and oxygen atoms in total. The maximum absolute atomic E-state index is 13.3. The number of nitrogens with one attached hydrogen (secondary N) is 1. The molecule has 3 aliphatic rings. The molecule has 1 aromatic heterocycles. The van der Waals surface area contributed by atoms with Crippen LogP contribution in [0.1, 0.15) is 59.6 Å². The van der Waals surface area contributed by atoms with Crippen molar-refractivity contribution in [2.45, 2.75) is 82.2 Å². The molecular weight excluding hydrogens is 490 g/mol. The number of aromatic nitrogens is 1. The Hall–Kier alpha value is -2.34. The van der Waals surface area contributed by atoms with Crippen molar-refractivity contribution in [1.29, 1.82) is 0 Å². The van der Waals surface area contributed by atoms with Gasteiger partial charge in [-0.2, -0.15) is 0 Å². The monoisotopic (exact) mass is 523 g/mol. The van der Waals surface area contributed by atoms with Gasteiger partial charge in [-0.05, 0) is 38.5 Å². The number of oxime groups is 1. The number of carboxylic acid groups (broad SMARTS) is 1. The molecule has 1 saturated carbocycles. The van der Waals surface area contributed by atoms with E-state index in [1.165, 1.54) is 28.0 Å². The first-order valence-corrected chi connectivity index (χ1v) is 13.7. The molecular formula is C23H33N5O5S2. The average molecular weight is 524 g/mol. The fourth-order valence-corrected chi connectivity index (χ4v) is 7.49. The standard InChI is InChI=1S/C23H33N5O5S2/c1-10(2)12-7-6-11(3)8-14(12)33-27-15(13-9-34-22(24)25-13)18(29)26-16-19(30)28-17(21(31)32)23(4,5)35-20(16)28/h9-12,14,16-17,20H,6-8H2,1-5H3,(H2,24,25)(H,26,29)(H,31,32)/b27-15-/t11-,12+,14+,16+,17+,20-/m1/s1. The lowest BCUT2D eigenvalue weighted by atomic mass is 9.75. The number of rotatable bonds is 7. The topological polar surface area (TPSA) is 147 Å². The van der Waals surface area contributed by atoms with Crippen LogP contribution in [0.5, 0.6) is 0 Å². The first-order chi connectivity index (χ1) is 16.4. The molecule has 3 fully saturated rings. The van der Waals surface area contributed by atoms with Crippen molar-refractivity contribution in [3.05, 3.63) is 11.1 Å². The molecule has 4 rings (SSSR count). The van der Waals surface area contributed by atoms with Crippen LogP contribution >= 0.6 is 23.1 Å². The van der Waals surface area contributed by atoms with Crippen molar-refractivity contribution < 1.29 is 24.3 Å². The molecule has 12 heteroatoms. The zero-order valence-corrected chi connectivity index (χ0v) is 22.2. The summed E-state index contributed by atoms with van der Waals surface area (Å²) in [4.78, 5) is 49.4. The molecule has 35 heavy (non-hydrogen) atoms. The SMILES string of the molecule is CC(C)[C@@H]1CC[C@@H](C)C[C@@H]1O/N=C(\C(=O)N[C@H]1C(=O)N2[C@@H]1SC(C)(C)[C@@H]2C(=O)O)c1csc(N)n1. The molecule has 0 aromatic carbocycles. The first-order valence-electron chi connectivity index (χ1n) is 11.9. The summed E-state index contributed by atoms with van der Waals surface area (Å²) in [6.45, 7) is 10.1. The number of hydrogen-bond acceptors (Lipinski definition) is 9. The lowest BCUT2D eigenvalue weighted by molar-refractivity contribution is -0.160. The van der Waals surface area contributed by atoms with Gasteiger partial charge in [-0.15, -0.1) is 23.1 Å². The van der Waals surface area contributed by atoms with Gasteiger partial charge in [0.25, 0.3) is 5.91 Å². The number of thiazole rings is 1. The minimum absolute atomic E-state index is 0.0398. The summed E-state index contributed by atoms with van der Waals surface area (Å²) in [6, 6.07) is -1.80. The predicted molar refractivity (Wildman–Crippen MR) is 135 cm³/mol. The van der Waals surface area contributed by atoms with Gasteiger partial charge in [0.1, 0.15) is 29.3 Å². The predicted octanol–water partition coefficient (Wildman–Crippen LogP) is 2.54. The molecule has 0 unspecified atom stereocenters.